The van der Waals surface area contributed by atoms with Crippen molar-refractivity contribution >= 4 is 33.3 Å². The van der Waals surface area contributed by atoms with Crippen molar-refractivity contribution in [3.63, 3.8) is 0 Å². The van der Waals surface area contributed by atoms with E-state index in [1.807, 2.05) is 0 Å². The van der Waals surface area contributed by atoms with Crippen LogP contribution in [-0.2, 0) is 32.0 Å². The molecule has 3 N–H and O–H groups in total. The fraction of sp³-hybridized carbons (Fsp3) is 0.500. The summed E-state index contributed by atoms with van der Waals surface area (Å²) in [6.45, 7) is 0. The van der Waals surface area contributed by atoms with Crippen molar-refractivity contribution in [2.24, 2.45) is 5.41 Å². The van der Waals surface area contributed by atoms with Gasteiger partial charge < -0.3 is 15.7 Å². The minimum absolute atomic E-state index is 0.0293. The van der Waals surface area contributed by atoms with Crippen LogP contribution in [0.1, 0.15) is 66.6 Å². The first kappa shape index (κ1) is 31.0. The molecule has 1 aromatic carbocycles. The standard InChI is InChI=1S/C26H31F3N4O6S/c1-40(38,39)13-5-4-12-25(10-2-3-11-25)24(37)33-20(23(35)36)14-17-6-8-18(9-7-17)32-22(34)19-15-30-16-31-21(19)26(27,28)29/h6-9,15-16,20H,2-5,10-14H2,1H3,(H,32,34)(H,33,37)(H,35,36)/t20-/m0/s1. The minimum atomic E-state index is -4.84. The number of carbonyl (C=O) groups is 3. The van der Waals surface area contributed by atoms with Crippen molar-refractivity contribution in [2.45, 2.75) is 63.6 Å². The molecule has 3 rings (SSSR count). The number of nitrogens with zero attached hydrogens (tertiary/aromatic N) is 2. The van der Waals surface area contributed by atoms with Crippen LogP contribution in [0.3, 0.4) is 0 Å². The first-order valence-corrected chi connectivity index (χ1v) is 14.8. The van der Waals surface area contributed by atoms with Crippen LogP contribution in [0.5, 0.6) is 0 Å². The second kappa shape index (κ2) is 12.7. The van der Waals surface area contributed by atoms with Crippen LogP contribution in [-0.4, -0.2) is 59.3 Å². The van der Waals surface area contributed by atoms with Gasteiger partial charge in [-0.1, -0.05) is 31.4 Å². The van der Waals surface area contributed by atoms with Crippen molar-refractivity contribution in [3.8, 4) is 0 Å². The van der Waals surface area contributed by atoms with Crippen LogP contribution in [0.2, 0.25) is 0 Å². The number of benzene rings is 1. The van der Waals surface area contributed by atoms with E-state index in [1.165, 1.54) is 24.3 Å². The van der Waals surface area contributed by atoms with Gasteiger partial charge in [-0.2, -0.15) is 13.2 Å². The third kappa shape index (κ3) is 8.47. The lowest BCUT2D eigenvalue weighted by Crippen LogP contribution is -2.48. The Morgan fingerprint density at radius 2 is 1.75 bits per heavy atom. The summed E-state index contributed by atoms with van der Waals surface area (Å²) in [5, 5.41) is 14.7. The quantitative estimate of drug-likeness (QED) is 0.320. The van der Waals surface area contributed by atoms with E-state index in [1.54, 1.807) is 0 Å². The highest BCUT2D eigenvalue weighted by Gasteiger charge is 2.42. The maximum atomic E-state index is 13.2. The van der Waals surface area contributed by atoms with Gasteiger partial charge in [-0.05, 0) is 43.4 Å². The summed E-state index contributed by atoms with van der Waals surface area (Å²) in [7, 11) is -3.11. The number of nitrogens with one attached hydrogen (secondary N) is 2. The van der Waals surface area contributed by atoms with Gasteiger partial charge in [0.1, 0.15) is 22.2 Å². The van der Waals surface area contributed by atoms with Crippen LogP contribution < -0.4 is 10.6 Å². The van der Waals surface area contributed by atoms with Crippen molar-refractivity contribution < 1.29 is 41.1 Å². The lowest BCUT2D eigenvalue weighted by atomic mass is 9.80. The molecule has 0 aliphatic heterocycles. The number of unbranched alkanes of at least 4 members (excludes halogenated alkanes) is 1. The number of halogens is 3. The molecule has 0 saturated heterocycles. The molecule has 1 aliphatic rings. The minimum Gasteiger partial charge on any atom is -0.480 e. The molecule has 1 aromatic heterocycles. The Kier molecular flexibility index (Phi) is 9.87. The number of alkyl halides is 3. The maximum Gasteiger partial charge on any atom is 0.434 e. The molecular formula is C26H31F3N4O6S. The van der Waals surface area contributed by atoms with E-state index in [0.29, 0.717) is 44.0 Å². The van der Waals surface area contributed by atoms with Gasteiger partial charge in [-0.3, -0.25) is 9.59 Å². The lowest BCUT2D eigenvalue weighted by Gasteiger charge is -2.29. The number of amides is 2. The fourth-order valence-electron chi connectivity index (χ4n) is 4.86. The van der Waals surface area contributed by atoms with Gasteiger partial charge in [0.2, 0.25) is 5.91 Å². The van der Waals surface area contributed by atoms with Crippen LogP contribution >= 0.6 is 0 Å². The number of rotatable bonds is 12. The molecule has 1 atom stereocenters. The molecule has 1 heterocycles. The van der Waals surface area contributed by atoms with E-state index in [2.05, 4.69) is 20.6 Å². The second-order valence-corrected chi connectivity index (χ2v) is 12.3. The lowest BCUT2D eigenvalue weighted by molar-refractivity contribution is -0.144. The summed E-state index contributed by atoms with van der Waals surface area (Å²) in [6, 6.07) is 4.58. The first-order chi connectivity index (χ1) is 18.7. The summed E-state index contributed by atoms with van der Waals surface area (Å²) in [6.07, 6.45) is 1.98. The SMILES string of the molecule is CS(=O)(=O)CCCCC1(C(=O)N[C@@H](Cc2ccc(NC(=O)c3cncnc3C(F)(F)F)cc2)C(=O)O)CCCC1. The molecule has 0 bridgehead atoms. The predicted octanol–water partition coefficient (Wildman–Crippen LogP) is 3.63. The molecule has 218 valence electrons. The second-order valence-electron chi connectivity index (χ2n) is 10.1. The van der Waals surface area contributed by atoms with Crippen molar-refractivity contribution in [1.29, 1.82) is 0 Å². The molecule has 0 unspecified atom stereocenters. The van der Waals surface area contributed by atoms with Gasteiger partial charge >= 0.3 is 12.1 Å². The molecule has 2 amide bonds. The molecule has 1 saturated carbocycles. The number of aromatic nitrogens is 2. The van der Waals surface area contributed by atoms with E-state index >= 15 is 0 Å². The molecule has 2 aromatic rings. The van der Waals surface area contributed by atoms with Gasteiger partial charge in [0.25, 0.3) is 5.91 Å². The molecule has 14 heteroatoms. The predicted molar refractivity (Wildman–Crippen MR) is 139 cm³/mol. The Balaban J connectivity index is 1.64. The molecule has 0 spiro atoms. The third-order valence-electron chi connectivity index (χ3n) is 6.94. The van der Waals surface area contributed by atoms with Crippen LogP contribution in [0.25, 0.3) is 0 Å². The van der Waals surface area contributed by atoms with Crippen LogP contribution in [0, 0.1) is 5.41 Å². The summed E-state index contributed by atoms with van der Waals surface area (Å²) in [5.41, 5.74) is -2.17. The molecular weight excluding hydrogens is 553 g/mol. The highest BCUT2D eigenvalue weighted by molar-refractivity contribution is 7.90. The Labute approximate surface area is 229 Å². The Hall–Kier alpha value is -3.55. The Morgan fingerprint density at radius 1 is 1.10 bits per heavy atom. The van der Waals surface area contributed by atoms with E-state index in [-0.39, 0.29) is 23.8 Å². The highest BCUT2D eigenvalue weighted by Crippen LogP contribution is 2.42. The van der Waals surface area contributed by atoms with Gasteiger partial charge in [0.05, 0.1) is 5.56 Å². The van der Waals surface area contributed by atoms with Crippen molar-refractivity contribution in [1.82, 2.24) is 15.3 Å². The van der Waals surface area contributed by atoms with Gasteiger partial charge in [-0.25, -0.2) is 23.2 Å². The number of aliphatic carboxylic acids is 1. The first-order valence-electron chi connectivity index (χ1n) is 12.7. The Morgan fingerprint density at radius 3 is 2.33 bits per heavy atom. The zero-order chi connectivity index (χ0) is 29.6. The topological polar surface area (TPSA) is 155 Å². The molecule has 0 radical (unpaired) electrons. The largest absolute Gasteiger partial charge is 0.480 e. The summed E-state index contributed by atoms with van der Waals surface area (Å²) < 4.78 is 62.3. The van der Waals surface area contributed by atoms with E-state index < -0.39 is 50.6 Å². The van der Waals surface area contributed by atoms with Gasteiger partial charge in [0.15, 0.2) is 5.69 Å². The monoisotopic (exact) mass is 584 g/mol. The highest BCUT2D eigenvalue weighted by atomic mass is 32.2. The average Bonchev–Trinajstić information content (AvgIpc) is 3.36. The fourth-order valence-corrected chi connectivity index (χ4v) is 5.59. The van der Waals surface area contributed by atoms with Crippen LogP contribution in [0.15, 0.2) is 36.8 Å². The average molecular weight is 585 g/mol. The smallest absolute Gasteiger partial charge is 0.434 e. The molecule has 1 fully saturated rings. The number of carbonyl (C=O) groups excluding carboxylic acids is 2. The van der Waals surface area contributed by atoms with E-state index in [9.17, 15) is 41.1 Å². The van der Waals surface area contributed by atoms with E-state index in [0.717, 1.165) is 25.3 Å². The van der Waals surface area contributed by atoms with Gasteiger partial charge in [-0.15, -0.1) is 0 Å². The number of carboxylic acids is 1. The van der Waals surface area contributed by atoms with Crippen LogP contribution in [0.4, 0.5) is 18.9 Å². The number of anilines is 1. The van der Waals surface area contributed by atoms with Gasteiger partial charge in [0, 0.05) is 35.7 Å². The number of hydrogen-bond donors (Lipinski definition) is 3. The number of carboxylic acid groups (broad SMARTS) is 1. The molecule has 1 aliphatic carbocycles. The number of hydrogen-bond acceptors (Lipinski definition) is 7. The summed E-state index contributed by atoms with van der Waals surface area (Å²) in [4.78, 5) is 44.3. The molecule has 10 nitrogen and oxygen atoms in total. The zero-order valence-corrected chi connectivity index (χ0v) is 22.6. The Bertz CT molecular complexity index is 1330. The zero-order valence-electron chi connectivity index (χ0n) is 21.8. The normalized spacial score (nSPS) is 15.8. The summed E-state index contributed by atoms with van der Waals surface area (Å²) >= 11 is 0. The van der Waals surface area contributed by atoms with Crippen molar-refractivity contribution in [3.05, 3.63) is 53.6 Å². The molecule has 40 heavy (non-hydrogen) atoms. The number of sulfone groups is 1. The third-order valence-corrected chi connectivity index (χ3v) is 7.97. The van der Waals surface area contributed by atoms with E-state index in [4.69, 9.17) is 0 Å². The summed E-state index contributed by atoms with van der Waals surface area (Å²) in [5.74, 6) is -2.64. The maximum absolute atomic E-state index is 13.2. The van der Waals surface area contributed by atoms with Crippen molar-refractivity contribution in [2.75, 3.05) is 17.3 Å².